The second-order valence-corrected chi connectivity index (χ2v) is 6.68. The molecule has 0 aromatic carbocycles. The molecule has 1 aromatic rings. The third-order valence-electron chi connectivity index (χ3n) is 4.79. The molecule has 1 aromatic heterocycles. The van der Waals surface area contributed by atoms with E-state index in [-0.39, 0.29) is 11.0 Å². The first kappa shape index (κ1) is 23.1. The Labute approximate surface area is 163 Å². The largest absolute Gasteiger partial charge is 0.394 e. The van der Waals surface area contributed by atoms with Gasteiger partial charge in [-0.15, -0.1) is 5.06 Å². The lowest BCUT2D eigenvalue weighted by Crippen LogP contribution is -2.69. The van der Waals surface area contributed by atoms with Gasteiger partial charge >= 0.3 is 11.6 Å². The van der Waals surface area contributed by atoms with Crippen LogP contribution in [0.4, 0.5) is 4.39 Å². The van der Waals surface area contributed by atoms with Crippen LogP contribution in [0.15, 0.2) is 15.8 Å². The highest BCUT2D eigenvalue weighted by atomic mass is 19.1. The van der Waals surface area contributed by atoms with Crippen molar-refractivity contribution in [2.75, 3.05) is 6.61 Å². The maximum atomic E-state index is 14.6. The van der Waals surface area contributed by atoms with E-state index >= 15 is 0 Å². The van der Waals surface area contributed by atoms with Crippen LogP contribution in [-0.2, 0) is 10.6 Å². The summed E-state index contributed by atoms with van der Waals surface area (Å²) in [7, 11) is 0. The summed E-state index contributed by atoms with van der Waals surface area (Å²) < 4.78 is 19.7. The van der Waals surface area contributed by atoms with Gasteiger partial charge in [0.05, 0.1) is 6.61 Å². The molecule has 1 unspecified atom stereocenters. The van der Waals surface area contributed by atoms with Gasteiger partial charge in [0.25, 0.3) is 5.56 Å². The Hall–Kier alpha value is -2.18. The van der Waals surface area contributed by atoms with E-state index in [1.54, 1.807) is 4.98 Å². The van der Waals surface area contributed by atoms with Gasteiger partial charge in [0, 0.05) is 6.20 Å². The molecule has 1 saturated heterocycles. The van der Waals surface area contributed by atoms with Crippen LogP contribution in [0.1, 0.15) is 38.2 Å². The van der Waals surface area contributed by atoms with Crippen molar-refractivity contribution in [3.05, 3.63) is 32.6 Å². The van der Waals surface area contributed by atoms with Crippen LogP contribution in [0.5, 0.6) is 0 Å². The van der Waals surface area contributed by atoms with Gasteiger partial charge in [0.15, 0.2) is 6.30 Å². The summed E-state index contributed by atoms with van der Waals surface area (Å²) in [6, 6.07) is 1.44. The Bertz CT molecular complexity index is 885. The molecule has 162 valence electrons. The van der Waals surface area contributed by atoms with Crippen molar-refractivity contribution in [1.82, 2.24) is 14.6 Å². The number of aromatic nitrogens is 2. The Balaban J connectivity index is 2.60. The second kappa shape index (κ2) is 8.67. The molecule has 0 spiro atoms. The molecule has 0 aliphatic carbocycles. The molecule has 6 N–H and O–H groups in total. The van der Waals surface area contributed by atoms with E-state index < -0.39 is 58.6 Å². The second-order valence-electron chi connectivity index (χ2n) is 6.68. The van der Waals surface area contributed by atoms with Crippen molar-refractivity contribution in [3.63, 3.8) is 0 Å². The number of H-pyrrole nitrogens is 1. The van der Waals surface area contributed by atoms with Gasteiger partial charge in [-0.1, -0.05) is 19.8 Å². The number of nitrogens with one attached hydrogen (secondary N) is 1. The molecule has 12 nitrogen and oxygen atoms in total. The number of rotatable bonds is 8. The van der Waals surface area contributed by atoms with E-state index in [2.05, 4.69) is 0 Å². The van der Waals surface area contributed by atoms with Gasteiger partial charge < -0.3 is 30.4 Å². The van der Waals surface area contributed by atoms with Crippen LogP contribution in [-0.4, -0.2) is 71.1 Å². The average molecular weight is 418 g/mol. The number of ether oxygens (including phenoxy) is 1. The minimum atomic E-state index is -3.39. The predicted molar refractivity (Wildman–Crippen MR) is 91.8 cm³/mol. The standard InChI is InChI=1S/C16H23FN4O8/c1-2-3-4-5-11(17)21(28)15(26)12(23)10(8-22)29-16(15,27)20-7-9(6-18)13(24)19-14(20)25/h7,10-12,22-23,26-28H,2-5,8H2,1H3,(H,19,24,25)/t10-,11?,12-,15-,16+/m1/s1. The third-order valence-corrected chi connectivity index (χ3v) is 4.79. The fourth-order valence-electron chi connectivity index (χ4n) is 3.14. The van der Waals surface area contributed by atoms with Crippen LogP contribution < -0.4 is 11.2 Å². The maximum Gasteiger partial charge on any atom is 0.332 e. The summed E-state index contributed by atoms with van der Waals surface area (Å²) in [5, 5.41) is 60.5. The van der Waals surface area contributed by atoms with Crippen LogP contribution in [0, 0.1) is 11.3 Å². The fraction of sp³-hybridized carbons (Fsp3) is 0.688. The highest BCUT2D eigenvalue weighted by Crippen LogP contribution is 2.44. The molecule has 1 aliphatic heterocycles. The Morgan fingerprint density at radius 3 is 2.66 bits per heavy atom. The summed E-state index contributed by atoms with van der Waals surface area (Å²) in [5.74, 6) is -3.38. The summed E-state index contributed by atoms with van der Waals surface area (Å²) >= 11 is 0. The Kier molecular flexibility index (Phi) is 6.91. The number of alkyl halides is 1. The molecule has 5 atom stereocenters. The van der Waals surface area contributed by atoms with Gasteiger partial charge in [-0.2, -0.15) is 5.26 Å². The molecule has 2 rings (SSSR count). The van der Waals surface area contributed by atoms with Crippen LogP contribution in [0.25, 0.3) is 0 Å². The molecule has 29 heavy (non-hydrogen) atoms. The van der Waals surface area contributed by atoms with Crippen molar-refractivity contribution < 1.29 is 34.8 Å². The first-order chi connectivity index (χ1) is 13.6. The Morgan fingerprint density at radius 2 is 2.10 bits per heavy atom. The molecule has 0 radical (unpaired) electrons. The van der Waals surface area contributed by atoms with Crippen molar-refractivity contribution >= 4 is 0 Å². The van der Waals surface area contributed by atoms with Crippen molar-refractivity contribution in [2.45, 2.75) is 62.7 Å². The minimum absolute atomic E-state index is 0.119. The summed E-state index contributed by atoms with van der Waals surface area (Å²) in [6.45, 7) is 0.863. The zero-order chi connectivity index (χ0) is 22.0. The number of nitriles is 1. The zero-order valence-corrected chi connectivity index (χ0v) is 15.5. The molecule has 0 bridgehead atoms. The molecule has 2 heterocycles. The van der Waals surface area contributed by atoms with E-state index in [9.17, 15) is 39.6 Å². The van der Waals surface area contributed by atoms with Crippen molar-refractivity contribution in [3.8, 4) is 6.07 Å². The van der Waals surface area contributed by atoms with Gasteiger partial charge in [-0.3, -0.25) is 9.78 Å². The zero-order valence-electron chi connectivity index (χ0n) is 15.5. The number of halogens is 1. The number of hydroxylamine groups is 2. The van der Waals surface area contributed by atoms with E-state index in [1.807, 2.05) is 6.92 Å². The van der Waals surface area contributed by atoms with Gasteiger partial charge in [-0.05, 0) is 12.8 Å². The Morgan fingerprint density at radius 1 is 1.45 bits per heavy atom. The number of aromatic amines is 1. The van der Waals surface area contributed by atoms with Crippen molar-refractivity contribution in [1.29, 1.82) is 5.26 Å². The monoisotopic (exact) mass is 418 g/mol. The highest BCUT2D eigenvalue weighted by molar-refractivity contribution is 5.22. The first-order valence-electron chi connectivity index (χ1n) is 8.88. The summed E-state index contributed by atoms with van der Waals surface area (Å²) in [4.78, 5) is 25.5. The number of unbranched alkanes of at least 4 members (excludes halogenated alkanes) is 2. The molecular formula is C16H23FN4O8. The van der Waals surface area contributed by atoms with E-state index in [1.165, 1.54) is 6.07 Å². The first-order valence-corrected chi connectivity index (χ1v) is 8.88. The smallest absolute Gasteiger partial charge is 0.332 e. The lowest BCUT2D eigenvalue weighted by molar-refractivity contribution is -0.428. The van der Waals surface area contributed by atoms with Gasteiger partial charge in [-0.25, -0.2) is 13.8 Å². The summed E-state index contributed by atoms with van der Waals surface area (Å²) in [5.41, 5.74) is -6.58. The normalized spacial score (nSPS) is 30.4. The van der Waals surface area contributed by atoms with Crippen LogP contribution in [0.3, 0.4) is 0 Å². The van der Waals surface area contributed by atoms with Gasteiger partial charge in [0.1, 0.15) is 23.8 Å². The fourth-order valence-corrected chi connectivity index (χ4v) is 3.14. The quantitative estimate of drug-likeness (QED) is 0.119. The number of hydrogen-bond donors (Lipinski definition) is 6. The predicted octanol–water partition coefficient (Wildman–Crippen LogP) is -1.98. The molecule has 1 fully saturated rings. The molecular weight excluding hydrogens is 395 g/mol. The maximum absolute atomic E-state index is 14.6. The lowest BCUT2D eigenvalue weighted by atomic mass is 10.00. The van der Waals surface area contributed by atoms with E-state index in [0.717, 1.165) is 6.42 Å². The van der Waals surface area contributed by atoms with Crippen LogP contribution in [0.2, 0.25) is 0 Å². The average Bonchev–Trinajstić information content (AvgIpc) is 2.89. The van der Waals surface area contributed by atoms with Gasteiger partial charge in [0.2, 0.25) is 5.72 Å². The molecule has 13 heteroatoms. The molecule has 0 amide bonds. The minimum Gasteiger partial charge on any atom is -0.394 e. The number of aliphatic hydroxyl groups excluding tert-OH is 2. The van der Waals surface area contributed by atoms with Crippen molar-refractivity contribution in [2.24, 2.45) is 0 Å². The van der Waals surface area contributed by atoms with E-state index in [0.29, 0.717) is 19.0 Å². The third kappa shape index (κ3) is 3.71. The SMILES string of the molecule is CCCCCC(F)N(O)[C@@]1(O)[C@H](O)[C@@H](CO)O[C@]1(O)n1cc(C#N)c(=O)[nH]c1=O. The molecule has 0 saturated carbocycles. The highest BCUT2D eigenvalue weighted by Gasteiger charge is 2.71. The molecule has 1 aliphatic rings. The number of nitrogens with zero attached hydrogens (tertiary/aromatic N) is 3. The van der Waals surface area contributed by atoms with E-state index in [4.69, 9.17) is 10.00 Å². The number of aliphatic hydroxyl groups is 4. The number of hydrogen-bond acceptors (Lipinski definition) is 10. The topological polar surface area (TPSA) is 192 Å². The lowest BCUT2D eigenvalue weighted by Gasteiger charge is -2.43. The summed E-state index contributed by atoms with van der Waals surface area (Å²) in [6.07, 6.45) is -4.53. The van der Waals surface area contributed by atoms with Crippen LogP contribution >= 0.6 is 0 Å².